The topological polar surface area (TPSA) is 51.1 Å². The molecule has 2 aromatic carbocycles. The summed E-state index contributed by atoms with van der Waals surface area (Å²) in [5.74, 6) is 0. The fraction of sp³-hybridized carbons (Fsp3) is 0.200. The van der Waals surface area contributed by atoms with Gasteiger partial charge in [0.25, 0.3) is 0 Å². The molecule has 0 N–H and O–H groups in total. The molecule has 0 saturated carbocycles. The molecule has 0 atom stereocenters. The average Bonchev–Trinajstić information content (AvgIpc) is 2.66. The van der Waals surface area contributed by atoms with Gasteiger partial charge in [-0.3, -0.25) is 4.90 Å². The lowest BCUT2D eigenvalue weighted by Gasteiger charge is -2.22. The van der Waals surface area contributed by atoms with Crippen LogP contribution in [0.2, 0.25) is 0 Å². The average molecular weight is 417 g/mol. The van der Waals surface area contributed by atoms with E-state index in [0.717, 1.165) is 21.3 Å². The lowest BCUT2D eigenvalue weighted by atomic mass is 10.1. The molecular formula is C20H21BrN2O3. The van der Waals surface area contributed by atoms with E-state index < -0.39 is 6.09 Å². The van der Waals surface area contributed by atoms with Crippen LogP contribution < -0.4 is 4.90 Å². The van der Waals surface area contributed by atoms with Crippen LogP contribution in [-0.4, -0.2) is 25.5 Å². The minimum absolute atomic E-state index is 0.231. The van der Waals surface area contributed by atoms with Crippen LogP contribution in [0.4, 0.5) is 10.5 Å². The molecule has 136 valence electrons. The molecule has 0 aliphatic heterocycles. The molecule has 2 rings (SSSR count). The summed E-state index contributed by atoms with van der Waals surface area (Å²) in [6.07, 6.45) is 1.19. The quantitative estimate of drug-likeness (QED) is 0.356. The van der Waals surface area contributed by atoms with Gasteiger partial charge in [-0.1, -0.05) is 57.5 Å². The van der Waals surface area contributed by atoms with Gasteiger partial charge >= 0.3 is 6.09 Å². The van der Waals surface area contributed by atoms with Crippen molar-refractivity contribution < 1.29 is 14.4 Å². The summed E-state index contributed by atoms with van der Waals surface area (Å²) >= 11 is 3.41. The van der Waals surface area contributed by atoms with Crippen molar-refractivity contribution in [3.63, 3.8) is 0 Å². The minimum atomic E-state index is -0.452. The molecule has 2 aromatic rings. The summed E-state index contributed by atoms with van der Waals surface area (Å²) in [4.78, 5) is 19.0. The Morgan fingerprint density at radius 1 is 1.23 bits per heavy atom. The van der Waals surface area contributed by atoms with E-state index in [2.05, 4.69) is 27.7 Å². The number of oxime groups is 1. The molecule has 0 unspecified atom stereocenters. The molecular weight excluding hydrogens is 396 g/mol. The largest absolute Gasteiger partial charge is 0.452 e. The highest BCUT2D eigenvalue weighted by Gasteiger charge is 2.17. The second kappa shape index (κ2) is 9.77. The van der Waals surface area contributed by atoms with Gasteiger partial charge < -0.3 is 9.57 Å². The summed E-state index contributed by atoms with van der Waals surface area (Å²) < 4.78 is 5.86. The molecule has 1 amide bonds. The van der Waals surface area contributed by atoms with Gasteiger partial charge in [-0.15, -0.1) is 6.58 Å². The van der Waals surface area contributed by atoms with Crippen molar-refractivity contribution in [2.45, 2.75) is 13.5 Å². The van der Waals surface area contributed by atoms with Crippen molar-refractivity contribution in [2.24, 2.45) is 5.16 Å². The van der Waals surface area contributed by atoms with Crippen LogP contribution in [0.1, 0.15) is 18.1 Å². The van der Waals surface area contributed by atoms with Crippen molar-refractivity contribution in [1.82, 2.24) is 0 Å². The number of rotatable bonds is 7. The van der Waals surface area contributed by atoms with E-state index in [1.807, 2.05) is 55.5 Å². The second-order valence-corrected chi connectivity index (χ2v) is 6.37. The van der Waals surface area contributed by atoms with Crippen LogP contribution in [-0.2, 0) is 16.2 Å². The zero-order valence-electron chi connectivity index (χ0n) is 14.8. The molecule has 6 heteroatoms. The van der Waals surface area contributed by atoms with E-state index in [-0.39, 0.29) is 6.61 Å². The third-order valence-corrected chi connectivity index (χ3v) is 4.20. The molecule has 0 aliphatic rings. The number of amides is 1. The van der Waals surface area contributed by atoms with Gasteiger partial charge in [0.15, 0.2) is 0 Å². The first-order valence-electron chi connectivity index (χ1n) is 8.03. The zero-order chi connectivity index (χ0) is 18.9. The van der Waals surface area contributed by atoms with Gasteiger partial charge in [-0.05, 0) is 30.7 Å². The van der Waals surface area contributed by atoms with E-state index >= 15 is 0 Å². The minimum Gasteiger partial charge on any atom is -0.452 e. The SMILES string of the molecule is C=CCN(C(=O)OC)c1ccccc1CON=C(C)c1ccc(Br)cc1. The maximum Gasteiger partial charge on any atom is 0.414 e. The zero-order valence-corrected chi connectivity index (χ0v) is 16.4. The summed E-state index contributed by atoms with van der Waals surface area (Å²) in [5, 5.41) is 4.18. The summed E-state index contributed by atoms with van der Waals surface area (Å²) in [7, 11) is 1.35. The standard InChI is InChI=1S/C20H21BrN2O3/c1-4-13-23(20(24)25-3)19-8-6-5-7-17(19)14-26-22-15(2)16-9-11-18(21)12-10-16/h4-12H,1,13-14H2,2-3H3. The van der Waals surface area contributed by atoms with Gasteiger partial charge in [0, 0.05) is 16.6 Å². The molecule has 0 aromatic heterocycles. The highest BCUT2D eigenvalue weighted by molar-refractivity contribution is 9.10. The smallest absolute Gasteiger partial charge is 0.414 e. The summed E-state index contributed by atoms with van der Waals surface area (Å²) in [5.41, 5.74) is 3.28. The van der Waals surface area contributed by atoms with Crippen LogP contribution in [0.15, 0.2) is 70.8 Å². The number of anilines is 1. The summed E-state index contributed by atoms with van der Waals surface area (Å²) in [6, 6.07) is 15.3. The Balaban J connectivity index is 2.14. The molecule has 0 bridgehead atoms. The molecule has 0 heterocycles. The number of carbonyl (C=O) groups is 1. The predicted molar refractivity (Wildman–Crippen MR) is 108 cm³/mol. The van der Waals surface area contributed by atoms with Gasteiger partial charge in [-0.2, -0.15) is 0 Å². The highest BCUT2D eigenvalue weighted by atomic mass is 79.9. The third-order valence-electron chi connectivity index (χ3n) is 3.67. The number of ether oxygens (including phenoxy) is 1. The molecule has 0 saturated heterocycles. The van der Waals surface area contributed by atoms with Crippen molar-refractivity contribution in [1.29, 1.82) is 0 Å². The number of hydrogen-bond acceptors (Lipinski definition) is 4. The Morgan fingerprint density at radius 2 is 1.92 bits per heavy atom. The fourth-order valence-corrected chi connectivity index (χ4v) is 2.61. The van der Waals surface area contributed by atoms with Crippen molar-refractivity contribution in [2.75, 3.05) is 18.6 Å². The lowest BCUT2D eigenvalue weighted by molar-refractivity contribution is 0.130. The second-order valence-electron chi connectivity index (χ2n) is 5.46. The Hall–Kier alpha value is -2.60. The molecule has 0 radical (unpaired) electrons. The maximum absolute atomic E-state index is 12.0. The Kier molecular flexibility index (Phi) is 7.41. The molecule has 0 fully saturated rings. The third kappa shape index (κ3) is 5.20. The number of carbonyl (C=O) groups excluding carboxylic acids is 1. The lowest BCUT2D eigenvalue weighted by Crippen LogP contribution is -2.31. The van der Waals surface area contributed by atoms with Crippen LogP contribution in [0.3, 0.4) is 0 Å². The van der Waals surface area contributed by atoms with E-state index in [0.29, 0.717) is 12.2 Å². The van der Waals surface area contributed by atoms with Gasteiger partial charge in [0.05, 0.1) is 18.5 Å². The fourth-order valence-electron chi connectivity index (χ4n) is 2.35. The first-order chi connectivity index (χ1) is 12.6. The Bertz CT molecular complexity index is 788. The number of methoxy groups -OCH3 is 1. The van der Waals surface area contributed by atoms with Crippen molar-refractivity contribution in [3.8, 4) is 0 Å². The van der Waals surface area contributed by atoms with Crippen LogP contribution in [0, 0.1) is 0 Å². The van der Waals surface area contributed by atoms with Crippen molar-refractivity contribution >= 4 is 33.4 Å². The number of halogens is 1. The Morgan fingerprint density at radius 3 is 2.58 bits per heavy atom. The number of hydrogen-bond donors (Lipinski definition) is 0. The normalized spacial score (nSPS) is 11.0. The van der Waals surface area contributed by atoms with Gasteiger partial charge in [0.1, 0.15) is 6.61 Å². The number of para-hydroxylation sites is 1. The molecule has 5 nitrogen and oxygen atoms in total. The molecule has 0 aliphatic carbocycles. The maximum atomic E-state index is 12.0. The van der Waals surface area contributed by atoms with Crippen LogP contribution in [0.25, 0.3) is 0 Å². The number of benzene rings is 2. The van der Waals surface area contributed by atoms with E-state index in [9.17, 15) is 4.79 Å². The van der Waals surface area contributed by atoms with Crippen LogP contribution in [0.5, 0.6) is 0 Å². The number of nitrogens with zero attached hydrogens (tertiary/aromatic N) is 2. The van der Waals surface area contributed by atoms with E-state index in [1.165, 1.54) is 12.0 Å². The first kappa shape index (κ1) is 19.7. The van der Waals surface area contributed by atoms with E-state index in [4.69, 9.17) is 9.57 Å². The van der Waals surface area contributed by atoms with Gasteiger partial charge in [-0.25, -0.2) is 4.79 Å². The van der Waals surface area contributed by atoms with Crippen molar-refractivity contribution in [3.05, 3.63) is 76.8 Å². The first-order valence-corrected chi connectivity index (χ1v) is 8.83. The van der Waals surface area contributed by atoms with Gasteiger partial charge in [0.2, 0.25) is 0 Å². The van der Waals surface area contributed by atoms with Crippen LogP contribution >= 0.6 is 15.9 Å². The molecule has 0 spiro atoms. The predicted octanol–water partition coefficient (Wildman–Crippen LogP) is 5.15. The summed E-state index contributed by atoms with van der Waals surface area (Å²) in [6.45, 7) is 6.14. The highest BCUT2D eigenvalue weighted by Crippen LogP contribution is 2.22. The Labute approximate surface area is 162 Å². The van der Waals surface area contributed by atoms with E-state index in [1.54, 1.807) is 6.08 Å². The molecule has 26 heavy (non-hydrogen) atoms. The monoisotopic (exact) mass is 416 g/mol.